The van der Waals surface area contributed by atoms with Crippen LogP contribution in [-0.2, 0) is 7.05 Å². The van der Waals surface area contributed by atoms with E-state index in [1.165, 1.54) is 0 Å². The molecule has 0 bridgehead atoms. The quantitative estimate of drug-likeness (QED) is 0.774. The molecule has 1 unspecified atom stereocenters. The Morgan fingerprint density at radius 3 is 2.81 bits per heavy atom. The molecular weight excluding hydrogens is 224 g/mol. The lowest BCUT2D eigenvalue weighted by Gasteiger charge is -2.19. The zero-order valence-electron chi connectivity index (χ0n) is 9.67. The van der Waals surface area contributed by atoms with Crippen molar-refractivity contribution in [2.75, 3.05) is 13.6 Å². The van der Waals surface area contributed by atoms with Crippen molar-refractivity contribution in [1.29, 1.82) is 0 Å². The number of hydrogen-bond donors (Lipinski definition) is 1. The number of nitrogens with zero attached hydrogens (tertiary/aromatic N) is 3. The van der Waals surface area contributed by atoms with E-state index >= 15 is 0 Å². The molecule has 88 valence electrons. The number of aromatic nitrogens is 2. The molecule has 1 heterocycles. The van der Waals surface area contributed by atoms with Crippen molar-refractivity contribution in [3.8, 4) is 0 Å². The molecule has 6 heteroatoms. The number of carbonyl (C=O) groups is 1. The Balaban J connectivity index is 2.64. The van der Waals surface area contributed by atoms with Crippen molar-refractivity contribution in [1.82, 2.24) is 14.5 Å². The number of carbonyl (C=O) groups excluding carboxylic acids is 1. The number of hydrogen-bond acceptors (Lipinski definition) is 3. The van der Waals surface area contributed by atoms with Gasteiger partial charge in [0, 0.05) is 32.8 Å². The molecule has 0 fully saturated rings. The summed E-state index contributed by atoms with van der Waals surface area (Å²) in [7, 11) is 3.53. The van der Waals surface area contributed by atoms with Crippen molar-refractivity contribution in [2.45, 2.75) is 6.92 Å². The van der Waals surface area contributed by atoms with Gasteiger partial charge < -0.3 is 15.2 Å². The Bertz CT molecular complexity index is 401. The van der Waals surface area contributed by atoms with Gasteiger partial charge in [0.15, 0.2) is 0 Å². The van der Waals surface area contributed by atoms with Crippen LogP contribution in [0.2, 0.25) is 0 Å². The van der Waals surface area contributed by atoms with Gasteiger partial charge in [0.05, 0.1) is 11.3 Å². The first-order chi connectivity index (χ1) is 7.41. The maximum Gasteiger partial charge on any atom is 0.273 e. The molecule has 5 nitrogen and oxygen atoms in total. The molecule has 0 aliphatic carbocycles. The first-order valence-electron chi connectivity index (χ1n) is 4.94. The average molecular weight is 240 g/mol. The molecule has 1 amide bonds. The maximum atomic E-state index is 11.9. The lowest BCUT2D eigenvalue weighted by Crippen LogP contribution is -2.35. The molecule has 1 atom stereocenters. The van der Waals surface area contributed by atoms with E-state index in [0.29, 0.717) is 17.2 Å². The van der Waals surface area contributed by atoms with Gasteiger partial charge in [-0.1, -0.05) is 19.1 Å². The number of nitrogens with two attached hydrogens (primary N) is 1. The monoisotopic (exact) mass is 240 g/mol. The minimum absolute atomic E-state index is 0.00709. The predicted molar refractivity (Wildman–Crippen MR) is 66.1 cm³/mol. The number of imidazole rings is 1. The van der Waals surface area contributed by atoms with E-state index in [1.54, 1.807) is 29.0 Å². The molecule has 16 heavy (non-hydrogen) atoms. The van der Waals surface area contributed by atoms with Gasteiger partial charge in [0.2, 0.25) is 0 Å². The van der Waals surface area contributed by atoms with E-state index in [1.807, 2.05) is 14.0 Å². The van der Waals surface area contributed by atoms with Crippen LogP contribution in [0.4, 0.5) is 0 Å². The number of aryl methyl sites for hydroxylation is 1. The van der Waals surface area contributed by atoms with Crippen molar-refractivity contribution in [3.63, 3.8) is 0 Å². The fourth-order valence-corrected chi connectivity index (χ4v) is 1.38. The molecule has 1 aromatic heterocycles. The van der Waals surface area contributed by atoms with Crippen LogP contribution < -0.4 is 5.73 Å². The van der Waals surface area contributed by atoms with Crippen molar-refractivity contribution < 1.29 is 4.79 Å². The van der Waals surface area contributed by atoms with Crippen LogP contribution in [0, 0.1) is 5.92 Å². The summed E-state index contributed by atoms with van der Waals surface area (Å²) in [6, 6.07) is 0. The molecule has 0 aliphatic rings. The molecule has 0 saturated heterocycles. The van der Waals surface area contributed by atoms with Gasteiger partial charge in [0.1, 0.15) is 5.69 Å². The summed E-state index contributed by atoms with van der Waals surface area (Å²) in [6.45, 7) is 2.40. The molecule has 0 aliphatic heterocycles. The Labute approximate surface area is 100 Å². The molecule has 0 spiro atoms. The second kappa shape index (κ2) is 5.07. The molecular formula is C10H16N4OS. The van der Waals surface area contributed by atoms with E-state index in [9.17, 15) is 4.79 Å². The Morgan fingerprint density at radius 2 is 2.38 bits per heavy atom. The third-order valence-corrected chi connectivity index (χ3v) is 2.71. The van der Waals surface area contributed by atoms with Crippen LogP contribution in [0.1, 0.15) is 17.4 Å². The van der Waals surface area contributed by atoms with Gasteiger partial charge in [-0.25, -0.2) is 4.98 Å². The average Bonchev–Trinajstić information content (AvgIpc) is 2.63. The van der Waals surface area contributed by atoms with Crippen LogP contribution in [0.15, 0.2) is 12.5 Å². The highest BCUT2D eigenvalue weighted by Gasteiger charge is 2.17. The predicted octanol–water partition coefficient (Wildman–Crippen LogP) is 0.414. The standard InChI is InChI=1S/C10H16N4OS/c1-7(9(11)16)4-14(3)10(15)8-5-13(2)6-12-8/h5-7H,4H2,1-3H3,(H2,11,16). The van der Waals surface area contributed by atoms with Crippen LogP contribution in [0.3, 0.4) is 0 Å². The number of rotatable bonds is 4. The highest BCUT2D eigenvalue weighted by atomic mass is 32.1. The van der Waals surface area contributed by atoms with Crippen LogP contribution in [0.5, 0.6) is 0 Å². The van der Waals surface area contributed by atoms with Gasteiger partial charge in [-0.2, -0.15) is 0 Å². The molecule has 1 aromatic rings. The van der Waals surface area contributed by atoms with Gasteiger partial charge in [-0.15, -0.1) is 0 Å². The second-order valence-corrected chi connectivity index (χ2v) is 4.38. The minimum Gasteiger partial charge on any atom is -0.393 e. The first-order valence-corrected chi connectivity index (χ1v) is 5.35. The lowest BCUT2D eigenvalue weighted by atomic mass is 10.1. The van der Waals surface area contributed by atoms with E-state index in [-0.39, 0.29) is 11.8 Å². The van der Waals surface area contributed by atoms with Gasteiger partial charge >= 0.3 is 0 Å². The van der Waals surface area contributed by atoms with Crippen LogP contribution in [-0.4, -0.2) is 38.9 Å². The summed E-state index contributed by atoms with van der Waals surface area (Å²) in [5.41, 5.74) is 5.93. The summed E-state index contributed by atoms with van der Waals surface area (Å²) in [5.74, 6) is -0.114. The van der Waals surface area contributed by atoms with E-state index < -0.39 is 0 Å². The van der Waals surface area contributed by atoms with Crippen LogP contribution >= 0.6 is 12.2 Å². The zero-order valence-corrected chi connectivity index (χ0v) is 10.5. The molecule has 0 radical (unpaired) electrons. The fourth-order valence-electron chi connectivity index (χ4n) is 1.30. The zero-order chi connectivity index (χ0) is 12.3. The van der Waals surface area contributed by atoms with E-state index in [0.717, 1.165) is 0 Å². The van der Waals surface area contributed by atoms with Crippen LogP contribution in [0.25, 0.3) is 0 Å². The summed E-state index contributed by atoms with van der Waals surface area (Å²) >= 11 is 4.86. The normalized spacial score (nSPS) is 12.2. The maximum absolute atomic E-state index is 11.9. The van der Waals surface area contributed by atoms with Gasteiger partial charge in [0.25, 0.3) is 5.91 Å². The lowest BCUT2D eigenvalue weighted by molar-refractivity contribution is 0.0781. The Morgan fingerprint density at radius 1 is 1.75 bits per heavy atom. The fraction of sp³-hybridized carbons (Fsp3) is 0.500. The molecule has 0 saturated carbocycles. The highest BCUT2D eigenvalue weighted by Crippen LogP contribution is 2.04. The third kappa shape index (κ3) is 3.03. The van der Waals surface area contributed by atoms with E-state index in [4.69, 9.17) is 18.0 Å². The Kier molecular flexibility index (Phi) is 4.00. The summed E-state index contributed by atoms with van der Waals surface area (Å²) in [4.78, 5) is 17.9. The van der Waals surface area contributed by atoms with Crippen molar-refractivity contribution in [2.24, 2.45) is 18.7 Å². The third-order valence-electron chi connectivity index (χ3n) is 2.30. The molecule has 0 aromatic carbocycles. The topological polar surface area (TPSA) is 64.2 Å². The number of amides is 1. The van der Waals surface area contributed by atoms with E-state index in [2.05, 4.69) is 4.98 Å². The summed E-state index contributed by atoms with van der Waals surface area (Å²) < 4.78 is 1.73. The largest absolute Gasteiger partial charge is 0.393 e. The first kappa shape index (κ1) is 12.6. The smallest absolute Gasteiger partial charge is 0.273 e. The Hall–Kier alpha value is -1.43. The molecule has 2 N–H and O–H groups in total. The SMILES string of the molecule is CC(CN(C)C(=O)c1cn(C)cn1)C(N)=S. The number of thiocarbonyl (C=S) groups is 1. The second-order valence-electron chi connectivity index (χ2n) is 3.91. The highest BCUT2D eigenvalue weighted by molar-refractivity contribution is 7.80. The van der Waals surface area contributed by atoms with Crippen molar-refractivity contribution >= 4 is 23.1 Å². The summed E-state index contributed by atoms with van der Waals surface area (Å²) in [6.07, 6.45) is 3.28. The minimum atomic E-state index is -0.122. The summed E-state index contributed by atoms with van der Waals surface area (Å²) in [5, 5.41) is 0. The van der Waals surface area contributed by atoms with Gasteiger partial charge in [-0.05, 0) is 0 Å². The molecule has 1 rings (SSSR count). The van der Waals surface area contributed by atoms with Crippen molar-refractivity contribution in [3.05, 3.63) is 18.2 Å². The van der Waals surface area contributed by atoms with Gasteiger partial charge in [-0.3, -0.25) is 4.79 Å².